The lowest BCUT2D eigenvalue weighted by molar-refractivity contribution is -0.140. The molecule has 3 aromatic rings. The van der Waals surface area contributed by atoms with Crippen LogP contribution in [0.15, 0.2) is 30.5 Å². The Morgan fingerprint density at radius 1 is 1.30 bits per heavy atom. The second-order valence-electron chi connectivity index (χ2n) is 8.63. The van der Waals surface area contributed by atoms with Crippen molar-refractivity contribution in [3.8, 4) is 16.9 Å². The summed E-state index contributed by atoms with van der Waals surface area (Å²) in [4.78, 5) is 14.9. The molecule has 1 atom stereocenters. The molecule has 0 aliphatic heterocycles. The van der Waals surface area contributed by atoms with Gasteiger partial charge in [-0.15, -0.1) is 0 Å². The van der Waals surface area contributed by atoms with Crippen molar-refractivity contribution in [1.29, 1.82) is 0 Å². The van der Waals surface area contributed by atoms with E-state index in [1.807, 2.05) is 13.8 Å². The van der Waals surface area contributed by atoms with E-state index in [-0.39, 0.29) is 23.3 Å². The Bertz CT molecular complexity index is 1180. The average Bonchev–Trinajstić information content (AvgIpc) is 3.09. The highest BCUT2D eigenvalue weighted by atomic mass is 35.5. The van der Waals surface area contributed by atoms with E-state index in [9.17, 15) is 23.1 Å². The number of hydrogen-bond acceptors (Lipinski definition) is 4. The van der Waals surface area contributed by atoms with Crippen LogP contribution in [0.25, 0.3) is 16.8 Å². The van der Waals surface area contributed by atoms with Crippen molar-refractivity contribution in [2.75, 3.05) is 6.61 Å². The Balaban J connectivity index is 1.91. The van der Waals surface area contributed by atoms with Crippen LogP contribution >= 0.6 is 11.6 Å². The molecule has 0 fully saturated rings. The number of imidazole rings is 1. The van der Waals surface area contributed by atoms with Gasteiger partial charge in [-0.1, -0.05) is 31.5 Å². The maximum Gasteiger partial charge on any atom is 0.434 e. The lowest BCUT2D eigenvalue weighted by Crippen LogP contribution is -2.50. The van der Waals surface area contributed by atoms with Crippen molar-refractivity contribution < 1.29 is 27.8 Å². The number of aryl methyl sites for hydroxylation is 1. The normalized spacial score (nSPS) is 13.8. The number of carboxylic acid groups (broad SMARTS) is 1. The quantitative estimate of drug-likeness (QED) is 0.440. The fraction of sp³-hybridized carbons (Fsp3) is 0.409. The highest BCUT2D eigenvalue weighted by Gasteiger charge is 2.34. The molecule has 0 radical (unpaired) electrons. The van der Waals surface area contributed by atoms with Crippen molar-refractivity contribution in [2.45, 2.75) is 45.8 Å². The van der Waals surface area contributed by atoms with Crippen LogP contribution in [0.1, 0.15) is 38.4 Å². The first kappa shape index (κ1) is 24.6. The summed E-state index contributed by atoms with van der Waals surface area (Å²) >= 11 is 6.03. The summed E-state index contributed by atoms with van der Waals surface area (Å²) in [5.41, 5.74) is -0.150. The number of halogens is 4. The van der Waals surface area contributed by atoms with E-state index in [2.05, 4.69) is 15.4 Å². The third-order valence-electron chi connectivity index (χ3n) is 4.99. The van der Waals surface area contributed by atoms with Crippen molar-refractivity contribution >= 4 is 23.3 Å². The van der Waals surface area contributed by atoms with E-state index in [0.717, 1.165) is 10.7 Å². The van der Waals surface area contributed by atoms with Crippen molar-refractivity contribution in [1.82, 2.24) is 19.9 Å². The highest BCUT2D eigenvalue weighted by Crippen LogP contribution is 2.34. The molecule has 2 aromatic heterocycles. The SMILES string of the molecule is Cc1cc(-c2cc(Cl)nn3cc(C(F)(F)F)nc23)ccc1OCC(C)(CC(C)C)NC(=O)O. The molecule has 178 valence electrons. The molecular weight excluding hydrogens is 461 g/mol. The third-order valence-corrected chi connectivity index (χ3v) is 5.17. The maximum atomic E-state index is 13.1. The van der Waals surface area contributed by atoms with E-state index in [1.165, 1.54) is 6.07 Å². The smallest absolute Gasteiger partial charge is 0.434 e. The van der Waals surface area contributed by atoms with E-state index in [0.29, 0.717) is 28.9 Å². The Morgan fingerprint density at radius 3 is 2.58 bits per heavy atom. The van der Waals surface area contributed by atoms with E-state index >= 15 is 0 Å². The van der Waals surface area contributed by atoms with Crippen LogP contribution in [0.5, 0.6) is 5.75 Å². The minimum Gasteiger partial charge on any atom is -0.491 e. The zero-order valence-electron chi connectivity index (χ0n) is 18.5. The van der Waals surface area contributed by atoms with Gasteiger partial charge in [0, 0.05) is 5.56 Å². The van der Waals surface area contributed by atoms with Crippen LogP contribution in [0.2, 0.25) is 5.15 Å². The van der Waals surface area contributed by atoms with Crippen LogP contribution in [0, 0.1) is 12.8 Å². The molecule has 0 spiro atoms. The van der Waals surface area contributed by atoms with Gasteiger partial charge in [0.15, 0.2) is 16.5 Å². The van der Waals surface area contributed by atoms with Gasteiger partial charge in [-0.25, -0.2) is 14.3 Å². The summed E-state index contributed by atoms with van der Waals surface area (Å²) in [5, 5.41) is 15.6. The number of hydrogen-bond donors (Lipinski definition) is 2. The van der Waals surface area contributed by atoms with Gasteiger partial charge in [-0.05, 0) is 55.5 Å². The minimum absolute atomic E-state index is 0.0193. The predicted octanol–water partition coefficient (Wildman–Crippen LogP) is 5.83. The third kappa shape index (κ3) is 5.87. The summed E-state index contributed by atoms with van der Waals surface area (Å²) in [7, 11) is 0. The molecule has 1 aromatic carbocycles. The van der Waals surface area contributed by atoms with E-state index in [4.69, 9.17) is 16.3 Å². The molecule has 0 saturated heterocycles. The Kier molecular flexibility index (Phi) is 6.78. The van der Waals surface area contributed by atoms with Gasteiger partial charge in [0.25, 0.3) is 0 Å². The molecule has 11 heteroatoms. The fourth-order valence-electron chi connectivity index (χ4n) is 3.82. The Hall–Kier alpha value is -3.01. The number of nitrogens with zero attached hydrogens (tertiary/aromatic N) is 3. The second-order valence-corrected chi connectivity index (χ2v) is 9.02. The van der Waals surface area contributed by atoms with Crippen LogP contribution < -0.4 is 10.1 Å². The molecular formula is C22H24ClF3N4O3. The van der Waals surface area contributed by atoms with Gasteiger partial charge in [-0.2, -0.15) is 18.3 Å². The number of carbonyl (C=O) groups is 1. The molecule has 3 rings (SSSR count). The largest absolute Gasteiger partial charge is 0.491 e. The number of fused-ring (bicyclic) bond motifs is 1. The van der Waals surface area contributed by atoms with Gasteiger partial charge in [0.2, 0.25) is 0 Å². The van der Waals surface area contributed by atoms with Crippen LogP contribution in [0.3, 0.4) is 0 Å². The first-order valence-electron chi connectivity index (χ1n) is 10.2. The monoisotopic (exact) mass is 484 g/mol. The number of rotatable bonds is 7. The van der Waals surface area contributed by atoms with Gasteiger partial charge < -0.3 is 15.2 Å². The molecule has 1 amide bonds. The van der Waals surface area contributed by atoms with E-state index < -0.39 is 23.5 Å². The molecule has 0 aliphatic rings. The van der Waals surface area contributed by atoms with Crippen LogP contribution in [-0.4, -0.2) is 37.9 Å². The number of alkyl halides is 3. The maximum absolute atomic E-state index is 13.1. The number of nitrogens with one attached hydrogen (secondary N) is 1. The summed E-state index contributed by atoms with van der Waals surface area (Å²) in [6.07, 6.45) is -4.38. The molecule has 1 unspecified atom stereocenters. The average molecular weight is 485 g/mol. The minimum atomic E-state index is -4.61. The summed E-state index contributed by atoms with van der Waals surface area (Å²) < 4.78 is 46.3. The summed E-state index contributed by atoms with van der Waals surface area (Å²) in [5.74, 6) is 0.764. The topological polar surface area (TPSA) is 88.8 Å². The summed E-state index contributed by atoms with van der Waals surface area (Å²) in [6.45, 7) is 7.65. The number of ether oxygens (including phenoxy) is 1. The number of benzene rings is 1. The van der Waals surface area contributed by atoms with Crippen molar-refractivity contribution in [2.24, 2.45) is 5.92 Å². The molecule has 0 saturated carbocycles. The van der Waals surface area contributed by atoms with Crippen LogP contribution in [-0.2, 0) is 6.18 Å². The van der Waals surface area contributed by atoms with Crippen molar-refractivity contribution in [3.05, 3.63) is 46.9 Å². The van der Waals surface area contributed by atoms with E-state index in [1.54, 1.807) is 32.0 Å². The van der Waals surface area contributed by atoms with Crippen LogP contribution in [0.4, 0.5) is 18.0 Å². The predicted molar refractivity (Wildman–Crippen MR) is 118 cm³/mol. The zero-order chi connectivity index (χ0) is 24.6. The molecule has 0 bridgehead atoms. The summed E-state index contributed by atoms with van der Waals surface area (Å²) in [6, 6.07) is 6.56. The number of aromatic nitrogens is 3. The van der Waals surface area contributed by atoms with Gasteiger partial charge in [0.1, 0.15) is 12.4 Å². The van der Waals surface area contributed by atoms with Gasteiger partial charge in [0.05, 0.1) is 11.7 Å². The van der Waals surface area contributed by atoms with Gasteiger partial charge in [-0.3, -0.25) is 0 Å². The van der Waals surface area contributed by atoms with Gasteiger partial charge >= 0.3 is 12.3 Å². The lowest BCUT2D eigenvalue weighted by Gasteiger charge is -2.31. The first-order chi connectivity index (χ1) is 15.3. The fourth-order valence-corrected chi connectivity index (χ4v) is 4.01. The molecule has 0 aliphatic carbocycles. The molecule has 2 heterocycles. The Morgan fingerprint density at radius 2 is 2.00 bits per heavy atom. The zero-order valence-corrected chi connectivity index (χ0v) is 19.3. The molecule has 2 N–H and O–H groups in total. The lowest BCUT2D eigenvalue weighted by atomic mass is 9.91. The Labute approximate surface area is 193 Å². The number of amides is 1. The highest BCUT2D eigenvalue weighted by molar-refractivity contribution is 6.29. The molecule has 33 heavy (non-hydrogen) atoms. The first-order valence-corrected chi connectivity index (χ1v) is 10.5. The van der Waals surface area contributed by atoms with Crippen molar-refractivity contribution in [3.63, 3.8) is 0 Å². The molecule has 7 nitrogen and oxygen atoms in total. The standard InChI is InChI=1S/C22H24ClF3N4O3/c1-12(2)9-21(4,28-20(31)32)11-33-16-6-5-14(7-13(16)3)15-8-18(23)29-30-10-17(22(24,25)26)27-19(15)30/h5-8,10,12,28H,9,11H2,1-4H3,(H,31,32). The second kappa shape index (κ2) is 9.09.